The van der Waals surface area contributed by atoms with E-state index in [-0.39, 0.29) is 24.7 Å². The van der Waals surface area contributed by atoms with Crippen LogP contribution < -0.4 is 25.7 Å². The van der Waals surface area contributed by atoms with E-state index in [1.807, 2.05) is 36.4 Å². The molecule has 3 rings (SSSR count). The number of methoxy groups -OCH3 is 2. The van der Waals surface area contributed by atoms with E-state index in [1.165, 1.54) is 10.7 Å². The zero-order chi connectivity index (χ0) is 21.3. The molecule has 0 saturated carbocycles. The van der Waals surface area contributed by atoms with Crippen LogP contribution in [0.1, 0.15) is 5.56 Å². The van der Waals surface area contributed by atoms with Crippen LogP contribution in [0, 0.1) is 0 Å². The number of benzene rings is 2. The fourth-order valence-electron chi connectivity index (χ4n) is 2.87. The summed E-state index contributed by atoms with van der Waals surface area (Å²) in [6, 6.07) is 17.8. The van der Waals surface area contributed by atoms with Crippen LogP contribution in [0.2, 0.25) is 0 Å². The molecule has 1 heterocycles. The Kier molecular flexibility index (Phi) is 7.05. The minimum absolute atomic E-state index is 0.245. The Bertz CT molecular complexity index is 1050. The van der Waals surface area contributed by atoms with Gasteiger partial charge in [0.2, 0.25) is 0 Å². The topological polar surface area (TPSA) is 94.5 Å². The third kappa shape index (κ3) is 5.38. The van der Waals surface area contributed by atoms with Crippen molar-refractivity contribution in [2.45, 2.75) is 13.1 Å². The fourth-order valence-corrected chi connectivity index (χ4v) is 2.87. The predicted octanol–water partition coefficient (Wildman–Crippen LogP) is 2.43. The largest absolute Gasteiger partial charge is 0.493 e. The maximum absolute atomic E-state index is 12.1. The molecule has 2 amide bonds. The molecule has 0 radical (unpaired) electrons. The number of hydrogen-bond acceptors (Lipinski definition) is 5. The molecule has 0 atom stereocenters. The minimum Gasteiger partial charge on any atom is -0.493 e. The Morgan fingerprint density at radius 1 is 0.967 bits per heavy atom. The van der Waals surface area contributed by atoms with Crippen molar-refractivity contribution < 1.29 is 14.3 Å². The zero-order valence-electron chi connectivity index (χ0n) is 16.9. The molecule has 8 nitrogen and oxygen atoms in total. The summed E-state index contributed by atoms with van der Waals surface area (Å²) in [6.07, 6.45) is 0. The highest BCUT2D eigenvalue weighted by atomic mass is 16.5. The molecule has 1 aromatic heterocycles. The van der Waals surface area contributed by atoms with E-state index < -0.39 is 0 Å². The van der Waals surface area contributed by atoms with E-state index in [0.717, 1.165) is 11.1 Å². The second-order valence-electron chi connectivity index (χ2n) is 6.44. The highest BCUT2D eigenvalue weighted by Crippen LogP contribution is 2.31. The molecule has 8 heteroatoms. The van der Waals surface area contributed by atoms with Crippen molar-refractivity contribution in [3.05, 3.63) is 76.6 Å². The standard InChI is InChI=1S/C22H24N4O4/c1-29-19-10-8-17(14-20(19)30-2)18-9-11-21(27)26(25-18)13-12-23-22(28)24-15-16-6-4-3-5-7-16/h3-11,14H,12-13,15H2,1-2H3,(H2,23,24,28). The van der Waals surface area contributed by atoms with E-state index >= 15 is 0 Å². The molecule has 0 aliphatic carbocycles. The molecule has 156 valence electrons. The van der Waals surface area contributed by atoms with Crippen LogP contribution in [0.25, 0.3) is 11.3 Å². The van der Waals surface area contributed by atoms with Crippen molar-refractivity contribution in [2.24, 2.45) is 0 Å². The van der Waals surface area contributed by atoms with E-state index in [1.54, 1.807) is 32.4 Å². The Morgan fingerprint density at radius 2 is 1.73 bits per heavy atom. The molecule has 3 aromatic rings. The average Bonchev–Trinajstić information content (AvgIpc) is 2.79. The third-order valence-electron chi connectivity index (χ3n) is 4.45. The number of amides is 2. The molecular weight excluding hydrogens is 384 g/mol. The maximum Gasteiger partial charge on any atom is 0.315 e. The fraction of sp³-hybridized carbons (Fsp3) is 0.227. The Balaban J connectivity index is 1.60. The van der Waals surface area contributed by atoms with E-state index in [2.05, 4.69) is 15.7 Å². The van der Waals surface area contributed by atoms with Gasteiger partial charge in [0.05, 0.1) is 26.5 Å². The molecule has 2 N–H and O–H groups in total. The lowest BCUT2D eigenvalue weighted by Gasteiger charge is -2.11. The van der Waals surface area contributed by atoms with Gasteiger partial charge in [-0.15, -0.1) is 0 Å². The van der Waals surface area contributed by atoms with Gasteiger partial charge in [-0.3, -0.25) is 4.79 Å². The van der Waals surface area contributed by atoms with Gasteiger partial charge in [-0.05, 0) is 29.8 Å². The summed E-state index contributed by atoms with van der Waals surface area (Å²) in [5, 5.41) is 9.91. The van der Waals surface area contributed by atoms with Gasteiger partial charge in [-0.1, -0.05) is 30.3 Å². The van der Waals surface area contributed by atoms with Crippen LogP contribution in [-0.2, 0) is 13.1 Å². The lowest BCUT2D eigenvalue weighted by molar-refractivity contribution is 0.240. The molecular formula is C22H24N4O4. The van der Waals surface area contributed by atoms with Crippen molar-refractivity contribution in [3.63, 3.8) is 0 Å². The molecule has 0 bridgehead atoms. The zero-order valence-corrected chi connectivity index (χ0v) is 16.9. The minimum atomic E-state index is -0.303. The third-order valence-corrected chi connectivity index (χ3v) is 4.45. The highest BCUT2D eigenvalue weighted by molar-refractivity contribution is 5.73. The summed E-state index contributed by atoms with van der Waals surface area (Å²) < 4.78 is 11.9. The monoisotopic (exact) mass is 408 g/mol. The van der Waals surface area contributed by atoms with Gasteiger partial charge in [0, 0.05) is 24.7 Å². The summed E-state index contributed by atoms with van der Waals surface area (Å²) in [6.45, 7) is 0.946. The van der Waals surface area contributed by atoms with Crippen LogP contribution in [0.3, 0.4) is 0 Å². The molecule has 0 unspecified atom stereocenters. The average molecular weight is 408 g/mol. The van der Waals surface area contributed by atoms with Gasteiger partial charge >= 0.3 is 6.03 Å². The number of rotatable bonds is 8. The lowest BCUT2D eigenvalue weighted by atomic mass is 10.1. The molecule has 2 aromatic carbocycles. The number of nitrogens with one attached hydrogen (secondary N) is 2. The molecule has 0 saturated heterocycles. The van der Waals surface area contributed by atoms with Gasteiger partial charge in [0.15, 0.2) is 11.5 Å². The molecule has 0 aliphatic heterocycles. The molecule has 30 heavy (non-hydrogen) atoms. The van der Waals surface area contributed by atoms with Crippen molar-refractivity contribution in [3.8, 4) is 22.8 Å². The Hall–Kier alpha value is -3.81. The Morgan fingerprint density at radius 3 is 2.47 bits per heavy atom. The van der Waals surface area contributed by atoms with Gasteiger partial charge in [-0.25, -0.2) is 9.48 Å². The van der Waals surface area contributed by atoms with Gasteiger partial charge in [0.25, 0.3) is 5.56 Å². The van der Waals surface area contributed by atoms with Crippen LogP contribution >= 0.6 is 0 Å². The Labute approximate surface area is 174 Å². The smallest absolute Gasteiger partial charge is 0.315 e. The van der Waals surface area contributed by atoms with E-state index in [4.69, 9.17) is 9.47 Å². The number of nitrogens with zero attached hydrogens (tertiary/aromatic N) is 2. The summed E-state index contributed by atoms with van der Waals surface area (Å²) >= 11 is 0. The van der Waals surface area contributed by atoms with Crippen LogP contribution in [0.4, 0.5) is 4.79 Å². The van der Waals surface area contributed by atoms with Crippen molar-refractivity contribution >= 4 is 6.03 Å². The summed E-state index contributed by atoms with van der Waals surface area (Å²) in [4.78, 5) is 24.1. The first-order valence-corrected chi connectivity index (χ1v) is 9.47. The van der Waals surface area contributed by atoms with Crippen LogP contribution in [-0.4, -0.2) is 36.6 Å². The predicted molar refractivity (Wildman–Crippen MR) is 114 cm³/mol. The summed E-state index contributed by atoms with van der Waals surface area (Å²) in [5.74, 6) is 1.19. The first kappa shape index (κ1) is 20.9. The maximum atomic E-state index is 12.1. The number of urea groups is 1. The SMILES string of the molecule is COc1ccc(-c2ccc(=O)n(CCNC(=O)NCc3ccccc3)n2)cc1OC. The highest BCUT2D eigenvalue weighted by Gasteiger charge is 2.09. The molecule has 0 aliphatic rings. The molecule has 0 spiro atoms. The number of aromatic nitrogens is 2. The van der Waals surface area contributed by atoms with Gasteiger partial charge in [-0.2, -0.15) is 5.10 Å². The number of carbonyl (C=O) groups is 1. The number of hydrogen-bond donors (Lipinski definition) is 2. The first-order valence-electron chi connectivity index (χ1n) is 9.47. The van der Waals surface area contributed by atoms with Crippen LogP contribution in [0.5, 0.6) is 11.5 Å². The van der Waals surface area contributed by atoms with E-state index in [9.17, 15) is 9.59 Å². The van der Waals surface area contributed by atoms with Crippen molar-refractivity contribution in [1.82, 2.24) is 20.4 Å². The first-order chi connectivity index (χ1) is 14.6. The number of ether oxygens (including phenoxy) is 2. The van der Waals surface area contributed by atoms with Crippen molar-refractivity contribution in [2.75, 3.05) is 20.8 Å². The summed E-state index contributed by atoms with van der Waals surface area (Å²) in [7, 11) is 3.13. The normalized spacial score (nSPS) is 10.3. The van der Waals surface area contributed by atoms with Gasteiger partial charge in [0.1, 0.15) is 0 Å². The lowest BCUT2D eigenvalue weighted by Crippen LogP contribution is -2.38. The second-order valence-corrected chi connectivity index (χ2v) is 6.44. The molecule has 0 fully saturated rings. The van der Waals surface area contributed by atoms with Crippen LogP contribution in [0.15, 0.2) is 65.5 Å². The summed E-state index contributed by atoms with van der Waals surface area (Å²) in [5.41, 5.74) is 2.16. The quantitative estimate of drug-likeness (QED) is 0.597. The number of carbonyl (C=O) groups excluding carboxylic acids is 1. The van der Waals surface area contributed by atoms with Crippen molar-refractivity contribution in [1.29, 1.82) is 0 Å². The van der Waals surface area contributed by atoms with E-state index in [0.29, 0.717) is 23.7 Å². The second kappa shape index (κ2) is 10.1. The van der Waals surface area contributed by atoms with Gasteiger partial charge < -0.3 is 20.1 Å².